The first-order valence-corrected chi connectivity index (χ1v) is 28.2. The first kappa shape index (κ1) is 59.8. The second-order valence-corrected chi connectivity index (χ2v) is 20.4. The van der Waals surface area contributed by atoms with E-state index in [0.29, 0.717) is 38.5 Å². The van der Waals surface area contributed by atoms with Crippen molar-refractivity contribution in [2.75, 3.05) is 0 Å². The monoisotopic (exact) mass is 966 g/mol. The summed E-state index contributed by atoms with van der Waals surface area (Å²) in [5, 5.41) is 0. The Morgan fingerprint density at radius 1 is 0.317 bits per heavy atom. The van der Waals surface area contributed by atoms with Gasteiger partial charge in [-0.05, 0) is 19.3 Å². The van der Waals surface area contributed by atoms with Crippen LogP contribution in [0.15, 0.2) is 0 Å². The van der Waals surface area contributed by atoms with Crippen LogP contribution in [-0.2, 0) is 55.9 Å². The minimum atomic E-state index is -5.77. The van der Waals surface area contributed by atoms with E-state index in [2.05, 4.69) is 20.8 Å². The summed E-state index contributed by atoms with van der Waals surface area (Å²) in [6.45, 7) is 6.39. The Bertz CT molecular complexity index is 1310. The van der Waals surface area contributed by atoms with E-state index in [9.17, 15) is 57.4 Å². The van der Waals surface area contributed by atoms with Crippen LogP contribution in [0.5, 0.6) is 0 Å². The molecule has 0 amide bonds. The normalized spacial score (nSPS) is 20.7. The fourth-order valence-corrected chi connectivity index (χ4v) is 9.40. The van der Waals surface area contributed by atoms with Gasteiger partial charge < -0.3 is 43.6 Å². The van der Waals surface area contributed by atoms with E-state index >= 15 is 0 Å². The molecule has 2 unspecified atom stereocenters. The lowest BCUT2D eigenvalue weighted by Crippen LogP contribution is -2.67. The van der Waals surface area contributed by atoms with Gasteiger partial charge in [0.15, 0.2) is 18.3 Å². The highest BCUT2D eigenvalue weighted by Gasteiger charge is 2.62. The number of unbranched alkanes of at least 4 members (excludes halogenated alkanes) is 24. The highest BCUT2D eigenvalue weighted by atomic mass is 31.2. The number of esters is 3. The summed E-state index contributed by atoms with van der Waals surface area (Å²) < 4.78 is 69.0. The molecule has 18 nitrogen and oxygen atoms in total. The Labute approximate surface area is 375 Å². The summed E-state index contributed by atoms with van der Waals surface area (Å²) in [4.78, 5) is 100. The second-order valence-electron chi connectivity index (χ2n) is 16.8. The molecule has 1 aliphatic carbocycles. The maximum Gasteiger partial charge on any atom is 0.470 e. The fourth-order valence-electron chi connectivity index (χ4n) is 7.73. The Kier molecular flexibility index (Phi) is 32.3. The SMILES string of the molecule is CCCCCCCCCCCC(=O)OC1[C@@H](OC(=O)CCCCCCCCCCC)[C@H](OP(=O)(O)O)C(OP(=O)(O)O)[C@@H](OP(=O)(O)O)[C@H]1OC(=O)CCCCCCCCCCC. The van der Waals surface area contributed by atoms with Crippen molar-refractivity contribution in [3.05, 3.63) is 0 Å². The Balaban J connectivity index is 3.51. The molecule has 1 fully saturated rings. The van der Waals surface area contributed by atoms with Gasteiger partial charge in [-0.2, -0.15) is 0 Å². The summed E-state index contributed by atoms with van der Waals surface area (Å²) >= 11 is 0. The summed E-state index contributed by atoms with van der Waals surface area (Å²) in [6.07, 6.45) is 9.87. The molecule has 6 atom stereocenters. The van der Waals surface area contributed by atoms with Crippen LogP contribution in [0, 0.1) is 0 Å². The van der Waals surface area contributed by atoms with Gasteiger partial charge in [0.2, 0.25) is 0 Å². The zero-order chi connectivity index (χ0) is 47.2. The molecule has 0 spiro atoms. The van der Waals surface area contributed by atoms with Crippen molar-refractivity contribution < 1.29 is 85.2 Å². The van der Waals surface area contributed by atoms with E-state index < -0.39 is 78.0 Å². The molecule has 0 aliphatic heterocycles. The van der Waals surface area contributed by atoms with Crippen molar-refractivity contribution in [3.8, 4) is 0 Å². The van der Waals surface area contributed by atoms with Crippen molar-refractivity contribution in [2.45, 2.75) is 250 Å². The van der Waals surface area contributed by atoms with Gasteiger partial charge in [-0.15, -0.1) is 0 Å². The highest BCUT2D eigenvalue weighted by molar-refractivity contribution is 7.47. The van der Waals surface area contributed by atoms with Crippen molar-refractivity contribution in [2.24, 2.45) is 0 Å². The molecule has 0 saturated heterocycles. The molecular formula is C42H81O18P3. The zero-order valence-electron chi connectivity index (χ0n) is 38.1. The highest BCUT2D eigenvalue weighted by Crippen LogP contribution is 2.51. The average molecular weight is 967 g/mol. The van der Waals surface area contributed by atoms with Crippen LogP contribution in [0.2, 0.25) is 0 Å². The predicted molar refractivity (Wildman–Crippen MR) is 236 cm³/mol. The molecule has 63 heavy (non-hydrogen) atoms. The molecule has 1 saturated carbocycles. The summed E-state index contributed by atoms with van der Waals surface area (Å²) in [5.74, 6) is -2.94. The lowest BCUT2D eigenvalue weighted by atomic mass is 9.84. The number of carbonyl (C=O) groups is 3. The largest absolute Gasteiger partial charge is 0.470 e. The van der Waals surface area contributed by atoms with E-state index in [1.165, 1.54) is 0 Å². The maximum absolute atomic E-state index is 13.5. The molecule has 21 heteroatoms. The molecule has 372 valence electrons. The van der Waals surface area contributed by atoms with Gasteiger partial charge in [-0.3, -0.25) is 28.0 Å². The number of ether oxygens (including phenoxy) is 3. The van der Waals surface area contributed by atoms with Crippen LogP contribution in [0.4, 0.5) is 0 Å². The maximum atomic E-state index is 13.5. The van der Waals surface area contributed by atoms with Crippen molar-refractivity contribution >= 4 is 41.4 Å². The first-order valence-electron chi connectivity index (χ1n) is 23.6. The number of carbonyl (C=O) groups excluding carboxylic acids is 3. The van der Waals surface area contributed by atoms with Crippen LogP contribution < -0.4 is 0 Å². The summed E-state index contributed by atoms with van der Waals surface area (Å²) in [6, 6.07) is 0. The number of rotatable bonds is 39. The predicted octanol–water partition coefficient (Wildman–Crippen LogP) is 9.93. The minimum Gasteiger partial charge on any atom is -0.455 e. The van der Waals surface area contributed by atoms with Gasteiger partial charge in [0.05, 0.1) is 0 Å². The van der Waals surface area contributed by atoms with Gasteiger partial charge in [-0.1, -0.05) is 175 Å². The number of phosphoric ester groups is 3. The second kappa shape index (κ2) is 34.1. The van der Waals surface area contributed by atoms with Crippen molar-refractivity contribution in [1.29, 1.82) is 0 Å². The lowest BCUT2D eigenvalue weighted by molar-refractivity contribution is -0.241. The molecule has 0 aromatic rings. The molecular weight excluding hydrogens is 885 g/mol. The molecule has 6 N–H and O–H groups in total. The van der Waals surface area contributed by atoms with E-state index in [1.807, 2.05) is 0 Å². The van der Waals surface area contributed by atoms with Gasteiger partial charge in [0.1, 0.15) is 18.3 Å². The average Bonchev–Trinajstić information content (AvgIpc) is 3.18. The molecule has 1 aliphatic rings. The summed E-state index contributed by atoms with van der Waals surface area (Å²) in [5.41, 5.74) is 0. The van der Waals surface area contributed by atoms with Crippen molar-refractivity contribution in [3.63, 3.8) is 0 Å². The standard InChI is InChI=1S/C42H81O18P3/c1-4-7-10-13-16-19-22-25-28-31-34(43)55-37-38(56-35(44)32-29-26-23-20-17-14-11-8-5-2)40(58-61(46,47)48)42(60-63(52,53)54)41(59-62(49,50)51)39(37)57-36(45)33-30-27-24-21-18-15-12-9-6-3/h37-42H,4-33H2,1-3H3,(H2,46,47,48)(H2,49,50,51)(H2,52,53,54)/t37?,38-,39+,40-,41-,42?/m0/s1. The van der Waals surface area contributed by atoms with Gasteiger partial charge in [-0.25, -0.2) is 13.7 Å². The van der Waals surface area contributed by atoms with E-state index in [-0.39, 0.29) is 19.3 Å². The molecule has 1 rings (SSSR count). The molecule has 0 radical (unpaired) electrons. The Morgan fingerprint density at radius 2 is 0.492 bits per heavy atom. The van der Waals surface area contributed by atoms with E-state index in [4.69, 9.17) is 27.8 Å². The van der Waals surface area contributed by atoms with E-state index in [1.54, 1.807) is 0 Å². The lowest BCUT2D eigenvalue weighted by Gasteiger charge is -2.47. The number of phosphoric acid groups is 3. The van der Waals surface area contributed by atoms with Crippen LogP contribution in [0.3, 0.4) is 0 Å². The topological polar surface area (TPSA) is 279 Å². The Hall–Kier alpha value is -1.26. The third-order valence-electron chi connectivity index (χ3n) is 11.0. The fraction of sp³-hybridized carbons (Fsp3) is 0.929. The van der Waals surface area contributed by atoms with Crippen LogP contribution in [0.25, 0.3) is 0 Å². The van der Waals surface area contributed by atoms with Gasteiger partial charge in [0, 0.05) is 19.3 Å². The first-order chi connectivity index (χ1) is 29.8. The van der Waals surface area contributed by atoms with Crippen LogP contribution in [0.1, 0.15) is 213 Å². The molecule has 0 bridgehead atoms. The third kappa shape index (κ3) is 30.6. The van der Waals surface area contributed by atoms with E-state index in [0.717, 1.165) is 135 Å². The third-order valence-corrected chi connectivity index (χ3v) is 12.5. The number of hydrogen-bond donors (Lipinski definition) is 6. The smallest absolute Gasteiger partial charge is 0.455 e. The minimum absolute atomic E-state index is 0.221. The molecule has 0 aromatic carbocycles. The van der Waals surface area contributed by atoms with Crippen LogP contribution >= 0.6 is 23.5 Å². The van der Waals surface area contributed by atoms with Crippen molar-refractivity contribution in [1.82, 2.24) is 0 Å². The molecule has 0 heterocycles. The van der Waals surface area contributed by atoms with Gasteiger partial charge in [0.25, 0.3) is 0 Å². The molecule has 0 aromatic heterocycles. The number of hydrogen-bond acceptors (Lipinski definition) is 12. The van der Waals surface area contributed by atoms with Gasteiger partial charge >= 0.3 is 41.4 Å². The summed E-state index contributed by atoms with van der Waals surface area (Å²) in [7, 11) is -17.3. The quantitative estimate of drug-likeness (QED) is 0.0145. The zero-order valence-corrected chi connectivity index (χ0v) is 40.8. The Morgan fingerprint density at radius 3 is 0.698 bits per heavy atom. The van der Waals surface area contributed by atoms with Crippen LogP contribution in [-0.4, -0.2) is 83.9 Å².